The predicted octanol–water partition coefficient (Wildman–Crippen LogP) is 2.37. The Morgan fingerprint density at radius 3 is 2.69 bits per heavy atom. The summed E-state index contributed by atoms with van der Waals surface area (Å²) in [5.41, 5.74) is 1.12. The molecule has 3 atom stereocenters. The molecule has 3 rings (SSSR count). The lowest BCUT2D eigenvalue weighted by Crippen LogP contribution is -2.26. The summed E-state index contributed by atoms with van der Waals surface area (Å²) < 4.78 is 5.72. The quantitative estimate of drug-likeness (QED) is 0.775. The Hall–Kier alpha value is -1.15. The number of hydrogen-bond donors (Lipinski definition) is 0. The molecule has 0 amide bonds. The first-order valence-electron chi connectivity index (χ1n) is 6.05. The Morgan fingerprint density at radius 2 is 2.06 bits per heavy atom. The summed E-state index contributed by atoms with van der Waals surface area (Å²) >= 11 is 0. The van der Waals surface area contributed by atoms with Gasteiger partial charge >= 0.3 is 0 Å². The van der Waals surface area contributed by atoms with Crippen molar-refractivity contribution in [1.29, 1.82) is 0 Å². The van der Waals surface area contributed by atoms with Crippen LogP contribution in [0.25, 0.3) is 0 Å². The third-order valence-corrected chi connectivity index (χ3v) is 3.74. The lowest BCUT2D eigenvalue weighted by atomic mass is 9.84. The number of carbonyl (C=O) groups excluding carboxylic acids is 1. The average Bonchev–Trinajstić information content (AvgIpc) is 2.92. The number of rotatable bonds is 3. The summed E-state index contributed by atoms with van der Waals surface area (Å²) in [5, 5.41) is 0. The van der Waals surface area contributed by atoms with E-state index in [1.54, 1.807) is 0 Å². The fraction of sp³-hybridized carbons (Fsp3) is 0.500. The van der Waals surface area contributed by atoms with Gasteiger partial charge in [0.25, 0.3) is 0 Å². The summed E-state index contributed by atoms with van der Waals surface area (Å²) in [6.07, 6.45) is 4.35. The number of carbonyl (C=O) groups is 1. The van der Waals surface area contributed by atoms with Crippen molar-refractivity contribution in [1.82, 2.24) is 0 Å². The van der Waals surface area contributed by atoms with Crippen molar-refractivity contribution in [2.45, 2.75) is 37.9 Å². The average molecular weight is 216 g/mol. The van der Waals surface area contributed by atoms with E-state index in [4.69, 9.17) is 4.74 Å². The number of hydrogen-bond acceptors (Lipinski definition) is 2. The van der Waals surface area contributed by atoms with Crippen molar-refractivity contribution in [2.24, 2.45) is 5.92 Å². The third-order valence-electron chi connectivity index (χ3n) is 3.74. The van der Waals surface area contributed by atoms with Crippen molar-refractivity contribution in [3.8, 4) is 0 Å². The van der Waals surface area contributed by atoms with E-state index in [9.17, 15) is 4.79 Å². The van der Waals surface area contributed by atoms with Crippen LogP contribution in [0.3, 0.4) is 0 Å². The van der Waals surface area contributed by atoms with Crippen LogP contribution in [0.5, 0.6) is 0 Å². The molecule has 2 aliphatic rings. The highest BCUT2D eigenvalue weighted by Crippen LogP contribution is 2.39. The molecule has 0 spiro atoms. The maximum atomic E-state index is 12.1. The second-order valence-electron chi connectivity index (χ2n) is 4.84. The van der Waals surface area contributed by atoms with E-state index >= 15 is 0 Å². The van der Waals surface area contributed by atoms with Gasteiger partial charge in [0, 0.05) is 12.3 Å². The molecule has 2 saturated heterocycles. The Bertz CT molecular complexity index is 385. The van der Waals surface area contributed by atoms with Gasteiger partial charge in [-0.25, -0.2) is 0 Å². The molecule has 84 valence electrons. The molecule has 1 aromatic carbocycles. The van der Waals surface area contributed by atoms with E-state index in [-0.39, 0.29) is 12.0 Å². The van der Waals surface area contributed by atoms with Crippen molar-refractivity contribution in [3.63, 3.8) is 0 Å². The molecule has 2 bridgehead atoms. The van der Waals surface area contributed by atoms with Crippen molar-refractivity contribution in [3.05, 3.63) is 35.9 Å². The molecule has 2 heterocycles. The Balaban J connectivity index is 1.66. The van der Waals surface area contributed by atoms with Crippen LogP contribution in [0.1, 0.15) is 24.8 Å². The van der Waals surface area contributed by atoms with Crippen molar-refractivity contribution < 1.29 is 9.53 Å². The maximum absolute atomic E-state index is 12.1. The standard InChI is InChI=1S/C14H16O2/c15-13(8-10-4-2-1-3-5-10)12-9-11-6-7-14(12)16-11/h1-5,11-12,14H,6-9H2. The van der Waals surface area contributed by atoms with Crippen LogP contribution in [-0.2, 0) is 16.0 Å². The molecule has 0 aliphatic carbocycles. The van der Waals surface area contributed by atoms with Gasteiger partial charge in [0.15, 0.2) is 0 Å². The van der Waals surface area contributed by atoms with Gasteiger partial charge in [-0.3, -0.25) is 4.79 Å². The van der Waals surface area contributed by atoms with Crippen LogP contribution in [0.2, 0.25) is 0 Å². The molecule has 2 heteroatoms. The number of ether oxygens (including phenoxy) is 1. The number of ketones is 1. The molecule has 0 saturated carbocycles. The fourth-order valence-electron chi connectivity index (χ4n) is 2.90. The Labute approximate surface area is 95.6 Å². The molecule has 3 unspecified atom stereocenters. The monoisotopic (exact) mass is 216 g/mol. The van der Waals surface area contributed by atoms with Crippen LogP contribution >= 0.6 is 0 Å². The lowest BCUT2D eigenvalue weighted by molar-refractivity contribution is -0.123. The maximum Gasteiger partial charge on any atom is 0.143 e. The molecular formula is C14H16O2. The topological polar surface area (TPSA) is 26.3 Å². The fourth-order valence-corrected chi connectivity index (χ4v) is 2.90. The molecule has 0 aromatic heterocycles. The van der Waals surface area contributed by atoms with Crippen molar-refractivity contribution >= 4 is 5.78 Å². The first-order chi connectivity index (χ1) is 7.83. The highest BCUT2D eigenvalue weighted by Gasteiger charge is 2.43. The zero-order chi connectivity index (χ0) is 11.0. The molecule has 1 aromatic rings. The predicted molar refractivity (Wildman–Crippen MR) is 61.2 cm³/mol. The van der Waals surface area contributed by atoms with Gasteiger partial charge in [-0.15, -0.1) is 0 Å². The van der Waals surface area contributed by atoms with E-state index in [1.807, 2.05) is 30.3 Å². The van der Waals surface area contributed by atoms with E-state index in [1.165, 1.54) is 0 Å². The molecule has 2 fully saturated rings. The molecule has 16 heavy (non-hydrogen) atoms. The van der Waals surface area contributed by atoms with Gasteiger partial charge in [0.2, 0.25) is 0 Å². The molecule has 0 N–H and O–H groups in total. The van der Waals surface area contributed by atoms with Crippen LogP contribution in [0.15, 0.2) is 30.3 Å². The third kappa shape index (κ3) is 1.78. The molecule has 0 radical (unpaired) electrons. The molecule has 2 nitrogen and oxygen atoms in total. The number of Topliss-reactive ketones (excluding diaryl/α,β-unsaturated/α-hetero) is 1. The van der Waals surface area contributed by atoms with Crippen LogP contribution in [-0.4, -0.2) is 18.0 Å². The van der Waals surface area contributed by atoms with E-state index in [2.05, 4.69) is 0 Å². The van der Waals surface area contributed by atoms with Gasteiger partial charge in [-0.2, -0.15) is 0 Å². The summed E-state index contributed by atoms with van der Waals surface area (Å²) in [6, 6.07) is 9.99. The Morgan fingerprint density at radius 1 is 1.25 bits per heavy atom. The molecular weight excluding hydrogens is 200 g/mol. The highest BCUT2D eigenvalue weighted by atomic mass is 16.5. The normalized spacial score (nSPS) is 31.9. The lowest BCUT2D eigenvalue weighted by Gasteiger charge is -2.17. The summed E-state index contributed by atoms with van der Waals surface area (Å²) in [4.78, 5) is 12.1. The minimum Gasteiger partial charge on any atom is -0.374 e. The largest absolute Gasteiger partial charge is 0.374 e. The summed E-state index contributed by atoms with van der Waals surface area (Å²) in [6.45, 7) is 0. The van der Waals surface area contributed by atoms with Crippen LogP contribution in [0.4, 0.5) is 0 Å². The smallest absolute Gasteiger partial charge is 0.143 e. The first kappa shape index (κ1) is 10.0. The van der Waals surface area contributed by atoms with Gasteiger partial charge < -0.3 is 4.74 Å². The second-order valence-corrected chi connectivity index (χ2v) is 4.84. The SMILES string of the molecule is O=C(Cc1ccccc1)C1CC2CCC1O2. The van der Waals surface area contributed by atoms with Gasteiger partial charge in [-0.05, 0) is 24.8 Å². The zero-order valence-electron chi connectivity index (χ0n) is 9.26. The Kier molecular flexibility index (Phi) is 2.52. The van der Waals surface area contributed by atoms with E-state index < -0.39 is 0 Å². The number of benzene rings is 1. The first-order valence-corrected chi connectivity index (χ1v) is 6.05. The second kappa shape index (κ2) is 4.02. The minimum absolute atomic E-state index is 0.166. The van der Waals surface area contributed by atoms with Crippen molar-refractivity contribution in [2.75, 3.05) is 0 Å². The minimum atomic E-state index is 0.166. The van der Waals surface area contributed by atoms with Gasteiger partial charge in [0.1, 0.15) is 5.78 Å². The summed E-state index contributed by atoms with van der Waals surface area (Å²) in [5.74, 6) is 0.525. The van der Waals surface area contributed by atoms with E-state index in [0.29, 0.717) is 18.3 Å². The number of fused-ring (bicyclic) bond motifs is 2. The highest BCUT2D eigenvalue weighted by molar-refractivity contribution is 5.84. The molecule has 2 aliphatic heterocycles. The zero-order valence-corrected chi connectivity index (χ0v) is 9.26. The van der Waals surface area contributed by atoms with E-state index in [0.717, 1.165) is 24.8 Å². The van der Waals surface area contributed by atoms with Gasteiger partial charge in [0.05, 0.1) is 12.2 Å². The van der Waals surface area contributed by atoms with Crippen LogP contribution in [0, 0.1) is 5.92 Å². The van der Waals surface area contributed by atoms with Gasteiger partial charge in [-0.1, -0.05) is 30.3 Å². The van der Waals surface area contributed by atoms with Crippen LogP contribution < -0.4 is 0 Å². The summed E-state index contributed by atoms with van der Waals surface area (Å²) in [7, 11) is 0.